The van der Waals surface area contributed by atoms with E-state index in [-0.39, 0.29) is 148 Å². The van der Waals surface area contributed by atoms with Crippen molar-refractivity contribution < 1.29 is 263 Å². The molecule has 2 unspecified atom stereocenters. The zero-order valence-electron chi connectivity index (χ0n) is 23.4. The molecule has 242 valence electrons. The fourth-order valence-electron chi connectivity index (χ4n) is 3.20. The van der Waals surface area contributed by atoms with E-state index in [1.165, 1.54) is 0 Å². The molecule has 0 radical (unpaired) electrons. The summed E-state index contributed by atoms with van der Waals surface area (Å²) in [7, 11) is -54.4. The SMILES string of the molecule is O=P([O-])([O-])C(N(CCN(C(P(=O)(O)O)P(=O)(O)O)C(P(=O)(O)O)P(=O)(O)O)C(P(=O)([O-])O)P(=O)(O)O)P(=O)([O-])[O-].[Na+].[Na+].[Na+].[Na+].[Na+]. The van der Waals surface area contributed by atoms with Crippen molar-refractivity contribution in [2.45, 2.75) is 22.1 Å². The fourth-order valence-corrected chi connectivity index (χ4v) is 15.1. The number of nitrogens with zero attached hydrogens (tertiary/aromatic N) is 2. The van der Waals surface area contributed by atoms with E-state index in [1.807, 2.05) is 0 Å². The van der Waals surface area contributed by atoms with Crippen molar-refractivity contribution in [2.75, 3.05) is 13.1 Å². The summed E-state index contributed by atoms with van der Waals surface area (Å²) in [6.45, 7) is -4.88. The molecule has 0 aromatic rings. The Hall–Kier alpha value is 6.12. The van der Waals surface area contributed by atoms with Gasteiger partial charge in [0.25, 0.3) is 0 Å². The third-order valence-corrected chi connectivity index (χ3v) is 18.3. The molecular formula is C6H19N2Na5O24P8. The van der Waals surface area contributed by atoms with Crippen molar-refractivity contribution in [3.8, 4) is 0 Å². The van der Waals surface area contributed by atoms with Crippen LogP contribution in [0.1, 0.15) is 0 Å². The van der Waals surface area contributed by atoms with Crippen LogP contribution in [0.15, 0.2) is 0 Å². The Morgan fingerprint density at radius 1 is 0.378 bits per heavy atom. The summed E-state index contributed by atoms with van der Waals surface area (Å²) in [6.07, 6.45) is 0. The molecule has 0 aromatic carbocycles. The van der Waals surface area contributed by atoms with Crippen molar-refractivity contribution in [3.05, 3.63) is 0 Å². The molecular weight excluding hydrogens is 847 g/mol. The summed E-state index contributed by atoms with van der Waals surface area (Å²) in [5, 5.41) is 0. The Kier molecular flexibility index (Phi) is 30.9. The Balaban J connectivity index is -0.000000760. The molecule has 0 aliphatic carbocycles. The fraction of sp³-hybridized carbons (Fsp3) is 1.00. The Bertz CT molecular complexity index is 1030. The Labute approximate surface area is 363 Å². The zero-order chi connectivity index (χ0) is 32.9. The first-order valence-corrected chi connectivity index (χ1v) is 22.1. The third kappa shape index (κ3) is 20.6. The van der Waals surface area contributed by atoms with E-state index in [0.717, 1.165) is 0 Å². The first kappa shape index (κ1) is 63.1. The molecule has 0 amide bonds. The van der Waals surface area contributed by atoms with Crippen molar-refractivity contribution in [3.63, 3.8) is 0 Å². The van der Waals surface area contributed by atoms with Crippen LogP contribution in [0.3, 0.4) is 0 Å². The van der Waals surface area contributed by atoms with Crippen LogP contribution in [0.2, 0.25) is 0 Å². The summed E-state index contributed by atoms with van der Waals surface area (Å²) in [5.41, 5.74) is -16.9. The molecule has 0 fully saturated rings. The van der Waals surface area contributed by atoms with Gasteiger partial charge in [-0.25, -0.2) is 0 Å². The van der Waals surface area contributed by atoms with Crippen LogP contribution < -0.4 is 172 Å². The van der Waals surface area contributed by atoms with Crippen LogP contribution in [-0.4, -0.2) is 98.8 Å². The zero-order valence-corrected chi connectivity index (χ0v) is 40.6. The summed E-state index contributed by atoms with van der Waals surface area (Å²) in [4.78, 5) is 158. The minimum Gasteiger partial charge on any atom is -0.809 e. The van der Waals surface area contributed by atoms with E-state index < -0.39 is 106 Å². The van der Waals surface area contributed by atoms with Crippen LogP contribution in [0, 0.1) is 0 Å². The van der Waals surface area contributed by atoms with Gasteiger partial charge in [0.15, 0.2) is 13.1 Å². The van der Waals surface area contributed by atoms with Crippen molar-refractivity contribution in [1.29, 1.82) is 0 Å². The summed E-state index contributed by atoms with van der Waals surface area (Å²) < 4.78 is 93.8. The van der Waals surface area contributed by atoms with E-state index in [9.17, 15) is 115 Å². The van der Waals surface area contributed by atoms with Crippen LogP contribution in [0.5, 0.6) is 0 Å². The molecule has 11 N–H and O–H groups in total. The van der Waals surface area contributed by atoms with Gasteiger partial charge in [-0.15, -0.1) is 0 Å². The molecule has 0 bridgehead atoms. The maximum atomic E-state index is 11.8. The molecule has 0 rings (SSSR count). The maximum Gasteiger partial charge on any atom is 1.00 e. The molecule has 39 heteroatoms. The third-order valence-electron chi connectivity index (χ3n) is 4.16. The second-order valence-corrected chi connectivity index (χ2v) is 22.2. The smallest absolute Gasteiger partial charge is 0.809 e. The average Bonchev–Trinajstić information content (AvgIpc) is 2.48. The van der Waals surface area contributed by atoms with Crippen molar-refractivity contribution >= 4 is 60.8 Å². The second-order valence-electron chi connectivity index (χ2n) is 7.45. The van der Waals surface area contributed by atoms with E-state index in [2.05, 4.69) is 0 Å². The molecule has 0 aliphatic heterocycles. The van der Waals surface area contributed by atoms with Gasteiger partial charge in [-0.3, -0.25) is 32.6 Å². The maximum absolute atomic E-state index is 11.8. The Morgan fingerprint density at radius 2 is 0.556 bits per heavy atom. The average molecular weight is 866 g/mol. The molecule has 0 aromatic heterocycles. The molecule has 0 aliphatic rings. The molecule has 0 saturated heterocycles. The second kappa shape index (κ2) is 22.0. The van der Waals surface area contributed by atoms with Crippen LogP contribution in [0.25, 0.3) is 0 Å². The van der Waals surface area contributed by atoms with Crippen LogP contribution in [0.4, 0.5) is 0 Å². The van der Waals surface area contributed by atoms with Gasteiger partial charge in [0, 0.05) is 13.1 Å². The molecule has 2 atom stereocenters. The Morgan fingerprint density at radius 3 is 0.689 bits per heavy atom. The van der Waals surface area contributed by atoms with Crippen molar-refractivity contribution in [2.24, 2.45) is 0 Å². The van der Waals surface area contributed by atoms with Gasteiger partial charge < -0.3 is 92.0 Å². The van der Waals surface area contributed by atoms with Gasteiger partial charge >= 0.3 is 186 Å². The van der Waals surface area contributed by atoms with E-state index >= 15 is 0 Å². The number of hydrogen-bond acceptors (Lipinski definition) is 15. The van der Waals surface area contributed by atoms with Gasteiger partial charge in [-0.1, -0.05) is 0 Å². The van der Waals surface area contributed by atoms with Gasteiger partial charge in [-0.05, 0) is 15.2 Å². The summed E-state index contributed by atoms with van der Waals surface area (Å²) in [5.74, 6) is 0. The van der Waals surface area contributed by atoms with Crippen molar-refractivity contribution in [1.82, 2.24) is 9.80 Å². The summed E-state index contributed by atoms with van der Waals surface area (Å²) in [6, 6.07) is 0. The molecule has 0 spiro atoms. The van der Waals surface area contributed by atoms with E-state index in [4.69, 9.17) is 0 Å². The van der Waals surface area contributed by atoms with E-state index in [1.54, 1.807) is 0 Å². The van der Waals surface area contributed by atoms with Gasteiger partial charge in [0.1, 0.15) is 0 Å². The minimum atomic E-state index is -7.19. The predicted octanol–water partition coefficient (Wildman–Crippen LogP) is -22.0. The first-order chi connectivity index (χ1) is 17.0. The van der Waals surface area contributed by atoms with E-state index in [0.29, 0.717) is 0 Å². The molecule has 0 heterocycles. The number of rotatable bonds is 15. The molecule has 0 saturated carbocycles. The standard InChI is InChI=1S/C6H24N2O24P8.5Na/c9-33(10,11)3(34(12,13)14)7(4(35(15,16)17)36(18,19)20)1-2-8(5(37(21,22)23)38(24,25)26)6(39(27,28)29)40(30,31)32;;;;;/h3-6H,1-2H2,(H2,9,10,11)(H2,12,13,14)(H2,15,16,17)(H2,18,19,20)(H2,21,22,23)(H2,24,25,26)(H2,27,28,29)(H2,30,31,32);;;;;/q;5*+1/p-5. The number of hydrogen-bond donors (Lipinski definition) is 11. The van der Waals surface area contributed by atoms with Gasteiger partial charge in [0.2, 0.25) is 11.0 Å². The minimum absolute atomic E-state index is 0. The van der Waals surface area contributed by atoms with Gasteiger partial charge in [-0.2, -0.15) is 0 Å². The normalized spacial score (nSPS) is 15.8. The van der Waals surface area contributed by atoms with Gasteiger partial charge in [0.05, 0.1) is 5.52 Å². The van der Waals surface area contributed by atoms with Crippen LogP contribution in [-0.2, 0) is 36.5 Å². The van der Waals surface area contributed by atoms with Crippen LogP contribution >= 0.6 is 60.8 Å². The first-order valence-electron chi connectivity index (χ1n) is 8.80. The summed E-state index contributed by atoms with van der Waals surface area (Å²) >= 11 is 0. The topological polar surface area (TPSA) is 481 Å². The molecule has 45 heavy (non-hydrogen) atoms. The molecule has 26 nitrogen and oxygen atoms in total. The predicted molar refractivity (Wildman–Crippen MR) is 114 cm³/mol. The quantitative estimate of drug-likeness (QED) is 0.0538. The largest absolute Gasteiger partial charge is 1.00 e. The monoisotopic (exact) mass is 866 g/mol.